The third kappa shape index (κ3) is 5.00. The Bertz CT molecular complexity index is 706. The zero-order valence-corrected chi connectivity index (χ0v) is 15.8. The van der Waals surface area contributed by atoms with Crippen molar-refractivity contribution < 1.29 is 22.8 Å². The second-order valence-electron chi connectivity index (χ2n) is 7.64. The summed E-state index contributed by atoms with van der Waals surface area (Å²) in [5.41, 5.74) is 4.83. The molecule has 1 aromatic carbocycles. The molecule has 2 atom stereocenters. The summed E-state index contributed by atoms with van der Waals surface area (Å²) < 4.78 is 38.5. The molecular formula is C19H26F3N3O2. The number of likely N-dealkylation sites (tertiary alicyclic amines) is 1. The number of alkyl halides is 3. The Hall–Kier alpha value is -2.09. The van der Waals surface area contributed by atoms with Crippen LogP contribution in [0.2, 0.25) is 0 Å². The van der Waals surface area contributed by atoms with Gasteiger partial charge in [0.25, 0.3) is 0 Å². The van der Waals surface area contributed by atoms with Gasteiger partial charge in [-0.3, -0.25) is 9.59 Å². The molecule has 0 spiro atoms. The average Bonchev–Trinajstić information content (AvgIpc) is 2.95. The standard InChI is InChI=1S/C19H26F3N3O2/c1-12(2)18(3,11-23)24-17(27)14-8-16(26)25(10-14)9-13-5-4-6-15(7-13)19(20,21)22/h4-7,12,14H,8-11,23H2,1-3H3,(H,24,27). The van der Waals surface area contributed by atoms with Crippen molar-refractivity contribution in [2.75, 3.05) is 13.1 Å². The number of carbonyl (C=O) groups is 2. The van der Waals surface area contributed by atoms with Crippen molar-refractivity contribution in [3.63, 3.8) is 0 Å². The average molecular weight is 385 g/mol. The molecule has 1 aliphatic heterocycles. The number of benzene rings is 1. The second-order valence-corrected chi connectivity index (χ2v) is 7.64. The highest BCUT2D eigenvalue weighted by Crippen LogP contribution is 2.30. The Balaban J connectivity index is 2.04. The highest BCUT2D eigenvalue weighted by molar-refractivity contribution is 5.89. The minimum absolute atomic E-state index is 0.0452. The summed E-state index contributed by atoms with van der Waals surface area (Å²) in [6.07, 6.45) is -4.39. The largest absolute Gasteiger partial charge is 0.416 e. The Labute approximate surface area is 157 Å². The molecule has 3 N–H and O–H groups in total. The molecule has 1 aliphatic rings. The maximum atomic E-state index is 12.8. The zero-order valence-electron chi connectivity index (χ0n) is 15.8. The summed E-state index contributed by atoms with van der Waals surface area (Å²) in [7, 11) is 0. The van der Waals surface area contributed by atoms with Crippen LogP contribution in [0.5, 0.6) is 0 Å². The van der Waals surface area contributed by atoms with Gasteiger partial charge in [0.05, 0.1) is 17.0 Å². The lowest BCUT2D eigenvalue weighted by Gasteiger charge is -2.34. The van der Waals surface area contributed by atoms with E-state index in [4.69, 9.17) is 5.73 Å². The maximum absolute atomic E-state index is 12.8. The molecule has 0 aromatic heterocycles. The molecular weight excluding hydrogens is 359 g/mol. The number of nitrogens with one attached hydrogen (secondary N) is 1. The molecule has 0 radical (unpaired) electrons. The van der Waals surface area contributed by atoms with E-state index in [-0.39, 0.29) is 43.8 Å². The molecule has 0 aliphatic carbocycles. The van der Waals surface area contributed by atoms with Crippen molar-refractivity contribution in [2.45, 2.75) is 45.5 Å². The smallest absolute Gasteiger partial charge is 0.349 e. The molecule has 1 saturated heterocycles. The van der Waals surface area contributed by atoms with Crippen molar-refractivity contribution in [3.05, 3.63) is 35.4 Å². The summed E-state index contributed by atoms with van der Waals surface area (Å²) in [6.45, 7) is 6.25. The molecule has 1 fully saturated rings. The van der Waals surface area contributed by atoms with Crippen LogP contribution in [0.4, 0.5) is 13.2 Å². The Kier molecular flexibility index (Phi) is 6.19. The molecule has 1 aromatic rings. The van der Waals surface area contributed by atoms with Crippen LogP contribution >= 0.6 is 0 Å². The van der Waals surface area contributed by atoms with Gasteiger partial charge in [0, 0.05) is 26.1 Å². The molecule has 5 nitrogen and oxygen atoms in total. The van der Waals surface area contributed by atoms with E-state index in [2.05, 4.69) is 5.32 Å². The number of hydrogen-bond acceptors (Lipinski definition) is 3. The lowest BCUT2D eigenvalue weighted by atomic mass is 9.87. The number of amides is 2. The number of rotatable bonds is 6. The van der Waals surface area contributed by atoms with Gasteiger partial charge in [-0.05, 0) is 30.5 Å². The third-order valence-electron chi connectivity index (χ3n) is 5.32. The van der Waals surface area contributed by atoms with E-state index in [0.717, 1.165) is 12.1 Å². The first-order valence-corrected chi connectivity index (χ1v) is 8.92. The fourth-order valence-electron chi connectivity index (χ4n) is 2.98. The van der Waals surface area contributed by atoms with Gasteiger partial charge < -0.3 is 16.0 Å². The van der Waals surface area contributed by atoms with Gasteiger partial charge in [-0.2, -0.15) is 13.2 Å². The van der Waals surface area contributed by atoms with Crippen molar-refractivity contribution >= 4 is 11.8 Å². The minimum atomic E-state index is -4.43. The van der Waals surface area contributed by atoms with Crippen molar-refractivity contribution in [1.82, 2.24) is 10.2 Å². The van der Waals surface area contributed by atoms with E-state index < -0.39 is 23.2 Å². The number of hydrogen-bond donors (Lipinski definition) is 2. The first-order valence-electron chi connectivity index (χ1n) is 8.92. The van der Waals surface area contributed by atoms with Crippen LogP contribution in [-0.2, 0) is 22.3 Å². The topological polar surface area (TPSA) is 75.4 Å². The predicted molar refractivity (Wildman–Crippen MR) is 95.4 cm³/mol. The van der Waals surface area contributed by atoms with Gasteiger partial charge in [0.2, 0.25) is 11.8 Å². The van der Waals surface area contributed by atoms with Crippen molar-refractivity contribution in [3.8, 4) is 0 Å². The van der Waals surface area contributed by atoms with Gasteiger partial charge >= 0.3 is 6.18 Å². The molecule has 27 heavy (non-hydrogen) atoms. The molecule has 0 bridgehead atoms. The number of nitrogens with two attached hydrogens (primary N) is 1. The highest BCUT2D eigenvalue weighted by Gasteiger charge is 2.38. The molecule has 8 heteroatoms. The van der Waals surface area contributed by atoms with Crippen LogP contribution in [0.15, 0.2) is 24.3 Å². The van der Waals surface area contributed by atoms with Crippen LogP contribution in [0.25, 0.3) is 0 Å². The summed E-state index contributed by atoms with van der Waals surface area (Å²) in [4.78, 5) is 26.2. The van der Waals surface area contributed by atoms with Crippen LogP contribution in [0.3, 0.4) is 0 Å². The van der Waals surface area contributed by atoms with Crippen molar-refractivity contribution in [1.29, 1.82) is 0 Å². The number of nitrogens with zero attached hydrogens (tertiary/aromatic N) is 1. The molecule has 2 unspecified atom stereocenters. The molecule has 1 heterocycles. The normalized spacial score (nSPS) is 20.1. The quantitative estimate of drug-likeness (QED) is 0.790. The summed E-state index contributed by atoms with van der Waals surface area (Å²) in [5.74, 6) is -0.916. The molecule has 2 amide bonds. The van der Waals surface area contributed by atoms with Crippen molar-refractivity contribution in [2.24, 2.45) is 17.6 Å². The lowest BCUT2D eigenvalue weighted by Crippen LogP contribution is -2.56. The number of halogens is 3. The van der Waals surface area contributed by atoms with E-state index in [9.17, 15) is 22.8 Å². The Morgan fingerprint density at radius 3 is 2.59 bits per heavy atom. The Morgan fingerprint density at radius 1 is 1.37 bits per heavy atom. The summed E-state index contributed by atoms with van der Waals surface area (Å²) >= 11 is 0. The van der Waals surface area contributed by atoms with Crippen LogP contribution in [0.1, 0.15) is 38.3 Å². The first kappa shape index (κ1) is 21.2. The minimum Gasteiger partial charge on any atom is -0.349 e. The lowest BCUT2D eigenvalue weighted by molar-refractivity contribution is -0.137. The van der Waals surface area contributed by atoms with Gasteiger partial charge in [-0.15, -0.1) is 0 Å². The van der Waals surface area contributed by atoms with E-state index in [1.807, 2.05) is 20.8 Å². The first-order chi connectivity index (χ1) is 12.5. The monoisotopic (exact) mass is 385 g/mol. The third-order valence-corrected chi connectivity index (χ3v) is 5.32. The maximum Gasteiger partial charge on any atom is 0.416 e. The van der Waals surface area contributed by atoms with E-state index in [0.29, 0.717) is 5.56 Å². The van der Waals surface area contributed by atoms with Gasteiger partial charge in [-0.1, -0.05) is 26.0 Å². The fourth-order valence-corrected chi connectivity index (χ4v) is 2.98. The van der Waals surface area contributed by atoms with Crippen LogP contribution < -0.4 is 11.1 Å². The van der Waals surface area contributed by atoms with Crippen LogP contribution in [0, 0.1) is 11.8 Å². The van der Waals surface area contributed by atoms with E-state index in [1.165, 1.54) is 11.0 Å². The summed E-state index contributed by atoms with van der Waals surface area (Å²) in [5, 5.41) is 2.93. The molecule has 2 rings (SSSR count). The molecule has 150 valence electrons. The SMILES string of the molecule is CC(C)C(C)(CN)NC(=O)C1CC(=O)N(Cc2cccc(C(F)(F)F)c2)C1. The van der Waals surface area contributed by atoms with E-state index >= 15 is 0 Å². The zero-order chi connectivity index (χ0) is 20.4. The van der Waals surface area contributed by atoms with Gasteiger partial charge in [-0.25, -0.2) is 0 Å². The van der Waals surface area contributed by atoms with Crippen LogP contribution in [-0.4, -0.2) is 35.3 Å². The molecule has 0 saturated carbocycles. The number of carbonyl (C=O) groups excluding carboxylic acids is 2. The fraction of sp³-hybridized carbons (Fsp3) is 0.579. The Morgan fingerprint density at radius 2 is 2.04 bits per heavy atom. The highest BCUT2D eigenvalue weighted by atomic mass is 19.4. The van der Waals surface area contributed by atoms with Gasteiger partial charge in [0.1, 0.15) is 0 Å². The summed E-state index contributed by atoms with van der Waals surface area (Å²) in [6, 6.07) is 4.88. The van der Waals surface area contributed by atoms with Gasteiger partial charge in [0.15, 0.2) is 0 Å². The van der Waals surface area contributed by atoms with E-state index in [1.54, 1.807) is 6.07 Å². The second kappa shape index (κ2) is 7.88. The predicted octanol–water partition coefficient (Wildman–Crippen LogP) is 2.54.